The summed E-state index contributed by atoms with van der Waals surface area (Å²) < 4.78 is 0. The summed E-state index contributed by atoms with van der Waals surface area (Å²) in [4.78, 5) is 0. The van der Waals surface area contributed by atoms with Gasteiger partial charge in [-0.2, -0.15) is 0 Å². The number of hydrogen-bond acceptors (Lipinski definition) is 0. The third-order valence-corrected chi connectivity index (χ3v) is 7.13. The molecule has 0 radical (unpaired) electrons. The molecule has 0 heterocycles. The molecule has 0 N–H and O–H groups in total. The Kier molecular flexibility index (Phi) is 4.71. The Morgan fingerprint density at radius 2 is 1.76 bits per heavy atom. The van der Waals surface area contributed by atoms with Crippen LogP contribution in [0.4, 0.5) is 0 Å². The van der Waals surface area contributed by atoms with E-state index in [0.29, 0.717) is 5.41 Å². The van der Waals surface area contributed by atoms with Crippen LogP contribution in [-0.4, -0.2) is 0 Å². The van der Waals surface area contributed by atoms with Crippen molar-refractivity contribution in [2.45, 2.75) is 70.6 Å². The minimum absolute atomic E-state index is 0.420. The van der Waals surface area contributed by atoms with Crippen molar-refractivity contribution in [3.8, 4) is 0 Å². The van der Waals surface area contributed by atoms with E-state index >= 15 is 0 Å². The van der Waals surface area contributed by atoms with Crippen LogP contribution in [0.1, 0.15) is 67.7 Å². The highest BCUT2D eigenvalue weighted by Crippen LogP contribution is 2.48. The molecule has 0 aliphatic heterocycles. The van der Waals surface area contributed by atoms with E-state index in [9.17, 15) is 0 Å². The monoisotopic (exact) mass is 332 g/mol. The third kappa shape index (κ3) is 3.41. The van der Waals surface area contributed by atoms with Gasteiger partial charge >= 0.3 is 0 Å². The lowest BCUT2D eigenvalue weighted by Crippen LogP contribution is -2.38. The quantitative estimate of drug-likeness (QED) is 0.591. The summed E-state index contributed by atoms with van der Waals surface area (Å²) in [5.41, 5.74) is 6.65. The first kappa shape index (κ1) is 16.9. The Morgan fingerprint density at radius 3 is 2.56 bits per heavy atom. The van der Waals surface area contributed by atoms with Crippen molar-refractivity contribution < 1.29 is 0 Å². The number of fused-ring (bicyclic) bond motifs is 1. The van der Waals surface area contributed by atoms with Crippen molar-refractivity contribution in [3.63, 3.8) is 0 Å². The van der Waals surface area contributed by atoms with E-state index in [-0.39, 0.29) is 0 Å². The largest absolute Gasteiger partial charge is 0.0620 e. The molecular weight excluding hydrogens is 300 g/mol. The van der Waals surface area contributed by atoms with Gasteiger partial charge in [-0.25, -0.2) is 0 Å². The summed E-state index contributed by atoms with van der Waals surface area (Å²) in [6, 6.07) is 18.4. The zero-order valence-corrected chi connectivity index (χ0v) is 15.9. The number of hydrogen-bond donors (Lipinski definition) is 0. The van der Waals surface area contributed by atoms with Gasteiger partial charge in [0.2, 0.25) is 0 Å². The van der Waals surface area contributed by atoms with Gasteiger partial charge in [0.05, 0.1) is 0 Å². The van der Waals surface area contributed by atoms with E-state index < -0.39 is 0 Å². The van der Waals surface area contributed by atoms with E-state index in [1.54, 1.807) is 11.1 Å². The molecule has 0 spiro atoms. The SMILES string of the molecule is Cc1cccc(CC2CCC([C@]3(C)CCCc4ccccc43)CC2)c1. The molecule has 1 atom stereocenters. The number of benzene rings is 2. The molecule has 0 nitrogen and oxygen atoms in total. The van der Waals surface area contributed by atoms with Crippen LogP contribution in [-0.2, 0) is 18.3 Å². The highest BCUT2D eigenvalue weighted by molar-refractivity contribution is 5.37. The van der Waals surface area contributed by atoms with Crippen molar-refractivity contribution in [2.75, 3.05) is 0 Å². The van der Waals surface area contributed by atoms with E-state index in [1.165, 1.54) is 62.5 Å². The average molecular weight is 333 g/mol. The average Bonchev–Trinajstić information content (AvgIpc) is 2.63. The van der Waals surface area contributed by atoms with Gasteiger partial charge < -0.3 is 0 Å². The fourth-order valence-electron chi connectivity index (χ4n) is 5.68. The highest BCUT2D eigenvalue weighted by atomic mass is 14.4. The van der Waals surface area contributed by atoms with Crippen LogP contribution >= 0.6 is 0 Å². The second-order valence-corrected chi connectivity index (χ2v) is 8.84. The molecule has 1 saturated carbocycles. The molecule has 4 rings (SSSR count). The van der Waals surface area contributed by atoms with Crippen LogP contribution in [0.2, 0.25) is 0 Å². The molecule has 0 saturated heterocycles. The topological polar surface area (TPSA) is 0 Å². The lowest BCUT2D eigenvalue weighted by molar-refractivity contribution is 0.163. The maximum Gasteiger partial charge on any atom is -0.00442 e. The molecule has 0 aromatic heterocycles. The van der Waals surface area contributed by atoms with Crippen molar-refractivity contribution in [1.29, 1.82) is 0 Å². The van der Waals surface area contributed by atoms with Crippen LogP contribution in [0, 0.1) is 18.8 Å². The lowest BCUT2D eigenvalue weighted by Gasteiger charge is -2.45. The van der Waals surface area contributed by atoms with Crippen LogP contribution in [0.5, 0.6) is 0 Å². The van der Waals surface area contributed by atoms with E-state index in [0.717, 1.165) is 11.8 Å². The predicted octanol–water partition coefficient (Wildman–Crippen LogP) is 6.64. The van der Waals surface area contributed by atoms with Gasteiger partial charge in [-0.05, 0) is 92.2 Å². The van der Waals surface area contributed by atoms with Gasteiger partial charge in [0.1, 0.15) is 0 Å². The molecule has 2 aliphatic carbocycles. The van der Waals surface area contributed by atoms with E-state index in [2.05, 4.69) is 62.4 Å². The molecule has 0 heteroatoms. The molecule has 132 valence electrons. The fraction of sp³-hybridized carbons (Fsp3) is 0.520. The van der Waals surface area contributed by atoms with Gasteiger partial charge in [0, 0.05) is 0 Å². The molecule has 2 aromatic carbocycles. The van der Waals surface area contributed by atoms with Crippen molar-refractivity contribution in [3.05, 3.63) is 70.8 Å². The minimum Gasteiger partial charge on any atom is -0.0620 e. The molecule has 2 aliphatic rings. The molecule has 25 heavy (non-hydrogen) atoms. The zero-order valence-electron chi connectivity index (χ0n) is 15.9. The molecule has 0 amide bonds. The summed E-state index contributed by atoms with van der Waals surface area (Å²) in [5, 5.41) is 0. The Labute approximate surface area is 153 Å². The van der Waals surface area contributed by atoms with Gasteiger partial charge in [-0.15, -0.1) is 0 Å². The first-order valence-electron chi connectivity index (χ1n) is 10.3. The van der Waals surface area contributed by atoms with Gasteiger partial charge in [0.15, 0.2) is 0 Å². The normalized spacial score (nSPS) is 29.2. The lowest BCUT2D eigenvalue weighted by atomic mass is 9.59. The Morgan fingerprint density at radius 1 is 0.960 bits per heavy atom. The summed E-state index contributed by atoms with van der Waals surface area (Å²) in [6.45, 7) is 4.78. The van der Waals surface area contributed by atoms with Crippen LogP contribution in [0.3, 0.4) is 0 Å². The first-order chi connectivity index (χ1) is 12.1. The summed E-state index contributed by atoms with van der Waals surface area (Å²) in [5.74, 6) is 1.77. The summed E-state index contributed by atoms with van der Waals surface area (Å²) in [6.07, 6.45) is 11.0. The standard InChI is InChI=1S/C25H32/c1-19-7-5-8-21(17-19)18-20-12-14-23(15-13-20)25(2)16-6-10-22-9-3-4-11-24(22)25/h3-5,7-9,11,17,20,23H,6,10,12-16,18H2,1-2H3/t20?,23?,25-/m0/s1. The number of aryl methyl sites for hydroxylation is 2. The maximum atomic E-state index is 2.57. The highest BCUT2D eigenvalue weighted by Gasteiger charge is 2.40. The third-order valence-electron chi connectivity index (χ3n) is 7.13. The second kappa shape index (κ2) is 6.98. The van der Waals surface area contributed by atoms with Gasteiger partial charge in [-0.1, -0.05) is 61.0 Å². The zero-order chi connectivity index (χ0) is 17.3. The van der Waals surface area contributed by atoms with E-state index in [1.807, 2.05) is 0 Å². The van der Waals surface area contributed by atoms with Crippen molar-refractivity contribution in [1.82, 2.24) is 0 Å². The van der Waals surface area contributed by atoms with E-state index in [4.69, 9.17) is 0 Å². The molecule has 0 bridgehead atoms. The molecule has 0 unspecified atom stereocenters. The summed E-state index contributed by atoms with van der Waals surface area (Å²) >= 11 is 0. The predicted molar refractivity (Wildman–Crippen MR) is 107 cm³/mol. The first-order valence-corrected chi connectivity index (χ1v) is 10.3. The van der Waals surface area contributed by atoms with Crippen LogP contribution < -0.4 is 0 Å². The van der Waals surface area contributed by atoms with Crippen molar-refractivity contribution in [2.24, 2.45) is 11.8 Å². The number of rotatable bonds is 3. The van der Waals surface area contributed by atoms with Gasteiger partial charge in [-0.3, -0.25) is 0 Å². The minimum atomic E-state index is 0.420. The van der Waals surface area contributed by atoms with Gasteiger partial charge in [0.25, 0.3) is 0 Å². The molecule has 1 fully saturated rings. The Bertz CT molecular complexity index is 720. The van der Waals surface area contributed by atoms with Crippen LogP contribution in [0.25, 0.3) is 0 Å². The maximum absolute atomic E-state index is 2.57. The smallest absolute Gasteiger partial charge is 0.00442 e. The molecular formula is C25H32. The summed E-state index contributed by atoms with van der Waals surface area (Å²) in [7, 11) is 0. The second-order valence-electron chi connectivity index (χ2n) is 8.84. The van der Waals surface area contributed by atoms with Crippen molar-refractivity contribution >= 4 is 0 Å². The Balaban J connectivity index is 1.44. The van der Waals surface area contributed by atoms with Crippen LogP contribution in [0.15, 0.2) is 48.5 Å². The molecule has 2 aromatic rings. The Hall–Kier alpha value is -1.56. The fourth-order valence-corrected chi connectivity index (χ4v) is 5.68.